The summed E-state index contributed by atoms with van der Waals surface area (Å²) in [5.74, 6) is -0.138. The highest BCUT2D eigenvalue weighted by atomic mass is 35.5. The number of phenolic OH excluding ortho intramolecular Hbond substituents is 1. The van der Waals surface area contributed by atoms with E-state index in [1.807, 2.05) is 20.8 Å². The first-order valence-electron chi connectivity index (χ1n) is 5.31. The smallest absolute Gasteiger partial charge is 0.227 e. The summed E-state index contributed by atoms with van der Waals surface area (Å²) < 4.78 is 0. The maximum absolute atomic E-state index is 11.8. The number of aromatic hydroxyl groups is 1. The molecule has 1 atom stereocenters. The summed E-state index contributed by atoms with van der Waals surface area (Å²) in [5, 5.41) is 12.3. The first-order valence-corrected chi connectivity index (χ1v) is 6.07. The summed E-state index contributed by atoms with van der Waals surface area (Å²) in [5.41, 5.74) is 0.482. The summed E-state index contributed by atoms with van der Waals surface area (Å²) in [4.78, 5) is 11.8. The van der Waals surface area contributed by atoms with Gasteiger partial charge < -0.3 is 10.4 Å². The average Bonchev–Trinajstić information content (AvgIpc) is 2.24. The highest BCUT2D eigenvalue weighted by molar-refractivity contribution is 6.37. The van der Waals surface area contributed by atoms with E-state index in [2.05, 4.69) is 5.32 Å². The second-order valence-electron chi connectivity index (χ2n) is 4.31. The third kappa shape index (κ3) is 3.51. The summed E-state index contributed by atoms with van der Waals surface area (Å²) >= 11 is 11.5. The Kier molecular flexibility index (Phi) is 4.66. The van der Waals surface area contributed by atoms with Gasteiger partial charge in [0, 0.05) is 11.6 Å². The van der Waals surface area contributed by atoms with Crippen LogP contribution in [0.4, 0.5) is 5.69 Å². The predicted molar refractivity (Wildman–Crippen MR) is 70.8 cm³/mol. The average molecular weight is 276 g/mol. The van der Waals surface area contributed by atoms with Crippen molar-refractivity contribution in [3.8, 4) is 5.75 Å². The van der Waals surface area contributed by atoms with E-state index in [9.17, 15) is 9.90 Å². The Morgan fingerprint density at radius 3 is 2.12 bits per heavy atom. The largest absolute Gasteiger partial charge is 0.505 e. The Labute approximate surface area is 111 Å². The normalized spacial score (nSPS) is 12.6. The molecule has 0 bridgehead atoms. The van der Waals surface area contributed by atoms with Gasteiger partial charge in [-0.05, 0) is 18.1 Å². The fourth-order valence-electron chi connectivity index (χ4n) is 1.20. The minimum absolute atomic E-state index is 0.0992. The zero-order valence-corrected chi connectivity index (χ0v) is 11.4. The molecule has 0 saturated heterocycles. The topological polar surface area (TPSA) is 49.3 Å². The zero-order chi connectivity index (χ0) is 13.2. The van der Waals surface area contributed by atoms with Crippen LogP contribution in [0, 0.1) is 11.8 Å². The van der Waals surface area contributed by atoms with Crippen molar-refractivity contribution in [3.05, 3.63) is 22.2 Å². The van der Waals surface area contributed by atoms with Crippen LogP contribution in [-0.4, -0.2) is 11.0 Å². The molecule has 1 aromatic rings. The van der Waals surface area contributed by atoms with Crippen LogP contribution in [0.5, 0.6) is 5.75 Å². The number of carbonyl (C=O) groups excluding carboxylic acids is 1. The molecule has 2 N–H and O–H groups in total. The van der Waals surface area contributed by atoms with Gasteiger partial charge in [-0.3, -0.25) is 4.79 Å². The van der Waals surface area contributed by atoms with Gasteiger partial charge in [-0.25, -0.2) is 0 Å². The number of nitrogens with one attached hydrogen (secondary N) is 1. The maximum atomic E-state index is 11.8. The summed E-state index contributed by atoms with van der Waals surface area (Å²) in [6.07, 6.45) is 0. The number of halogens is 2. The molecule has 0 aromatic heterocycles. The van der Waals surface area contributed by atoms with Crippen molar-refractivity contribution in [2.75, 3.05) is 5.32 Å². The standard InChI is InChI=1S/C12H15Cl2NO2/c1-6(2)7(3)12(17)15-8-4-9(13)11(16)10(14)5-8/h4-7,16H,1-3H3,(H,15,17). The molecular formula is C12H15Cl2NO2. The number of phenols is 1. The third-order valence-electron chi connectivity index (χ3n) is 2.70. The van der Waals surface area contributed by atoms with E-state index < -0.39 is 0 Å². The van der Waals surface area contributed by atoms with Crippen molar-refractivity contribution < 1.29 is 9.90 Å². The molecule has 1 aromatic carbocycles. The van der Waals surface area contributed by atoms with Gasteiger partial charge in [0.1, 0.15) is 0 Å². The Morgan fingerprint density at radius 2 is 1.71 bits per heavy atom. The zero-order valence-electron chi connectivity index (χ0n) is 9.92. The van der Waals surface area contributed by atoms with Crippen molar-refractivity contribution in [1.29, 1.82) is 0 Å². The monoisotopic (exact) mass is 275 g/mol. The Morgan fingerprint density at radius 1 is 1.24 bits per heavy atom. The van der Waals surface area contributed by atoms with E-state index in [0.29, 0.717) is 5.69 Å². The summed E-state index contributed by atoms with van der Waals surface area (Å²) in [6.45, 7) is 5.80. The van der Waals surface area contributed by atoms with Crippen LogP contribution in [0.15, 0.2) is 12.1 Å². The Hall–Kier alpha value is -0.930. The van der Waals surface area contributed by atoms with Gasteiger partial charge in [0.15, 0.2) is 5.75 Å². The van der Waals surface area contributed by atoms with Gasteiger partial charge in [0.2, 0.25) is 5.91 Å². The molecule has 0 spiro atoms. The quantitative estimate of drug-likeness (QED) is 0.822. The number of anilines is 1. The summed E-state index contributed by atoms with van der Waals surface area (Å²) in [7, 11) is 0. The predicted octanol–water partition coefficient (Wildman–Crippen LogP) is 3.93. The molecular weight excluding hydrogens is 261 g/mol. The minimum Gasteiger partial charge on any atom is -0.505 e. The van der Waals surface area contributed by atoms with Crippen molar-refractivity contribution >= 4 is 34.8 Å². The number of rotatable bonds is 3. The number of benzene rings is 1. The first-order chi connectivity index (χ1) is 7.82. The van der Waals surface area contributed by atoms with Crippen LogP contribution in [0.1, 0.15) is 20.8 Å². The van der Waals surface area contributed by atoms with Gasteiger partial charge >= 0.3 is 0 Å². The van der Waals surface area contributed by atoms with E-state index in [4.69, 9.17) is 23.2 Å². The van der Waals surface area contributed by atoms with E-state index in [-0.39, 0.29) is 33.5 Å². The molecule has 17 heavy (non-hydrogen) atoms. The van der Waals surface area contributed by atoms with Crippen LogP contribution >= 0.6 is 23.2 Å². The molecule has 0 aliphatic heterocycles. The number of amides is 1. The van der Waals surface area contributed by atoms with Crippen LogP contribution in [-0.2, 0) is 4.79 Å². The lowest BCUT2D eigenvalue weighted by atomic mass is 9.97. The highest BCUT2D eigenvalue weighted by Crippen LogP contribution is 2.34. The molecule has 0 fully saturated rings. The van der Waals surface area contributed by atoms with Crippen LogP contribution in [0.25, 0.3) is 0 Å². The Balaban J connectivity index is 2.86. The van der Waals surface area contributed by atoms with E-state index >= 15 is 0 Å². The number of carbonyl (C=O) groups is 1. The fourth-order valence-corrected chi connectivity index (χ4v) is 1.68. The molecule has 0 heterocycles. The lowest BCUT2D eigenvalue weighted by Crippen LogP contribution is -2.24. The SMILES string of the molecule is CC(C)C(C)C(=O)Nc1cc(Cl)c(O)c(Cl)c1. The van der Waals surface area contributed by atoms with Crippen molar-refractivity contribution in [3.63, 3.8) is 0 Å². The third-order valence-corrected chi connectivity index (χ3v) is 3.27. The van der Waals surface area contributed by atoms with E-state index in [1.165, 1.54) is 12.1 Å². The fraction of sp³-hybridized carbons (Fsp3) is 0.417. The summed E-state index contributed by atoms with van der Waals surface area (Å²) in [6, 6.07) is 2.93. The molecule has 0 radical (unpaired) electrons. The molecule has 0 aliphatic rings. The molecule has 3 nitrogen and oxygen atoms in total. The van der Waals surface area contributed by atoms with Crippen molar-refractivity contribution in [1.82, 2.24) is 0 Å². The molecule has 1 amide bonds. The van der Waals surface area contributed by atoms with Crippen molar-refractivity contribution in [2.24, 2.45) is 11.8 Å². The van der Waals surface area contributed by atoms with Gasteiger partial charge in [0.25, 0.3) is 0 Å². The number of hydrogen-bond donors (Lipinski definition) is 2. The van der Waals surface area contributed by atoms with Gasteiger partial charge in [-0.15, -0.1) is 0 Å². The van der Waals surface area contributed by atoms with Crippen LogP contribution in [0.3, 0.4) is 0 Å². The van der Waals surface area contributed by atoms with Gasteiger partial charge in [-0.1, -0.05) is 44.0 Å². The molecule has 0 saturated carbocycles. The van der Waals surface area contributed by atoms with Gasteiger partial charge in [-0.2, -0.15) is 0 Å². The van der Waals surface area contributed by atoms with E-state index in [1.54, 1.807) is 0 Å². The molecule has 1 unspecified atom stereocenters. The lowest BCUT2D eigenvalue weighted by Gasteiger charge is -2.15. The van der Waals surface area contributed by atoms with Crippen LogP contribution in [0.2, 0.25) is 10.0 Å². The second kappa shape index (κ2) is 5.61. The van der Waals surface area contributed by atoms with E-state index in [0.717, 1.165) is 0 Å². The first kappa shape index (κ1) is 14.1. The maximum Gasteiger partial charge on any atom is 0.227 e. The molecule has 94 valence electrons. The number of hydrogen-bond acceptors (Lipinski definition) is 2. The lowest BCUT2D eigenvalue weighted by molar-refractivity contribution is -0.120. The van der Waals surface area contributed by atoms with Crippen LogP contribution < -0.4 is 5.32 Å². The highest BCUT2D eigenvalue weighted by Gasteiger charge is 2.17. The van der Waals surface area contributed by atoms with Gasteiger partial charge in [0.05, 0.1) is 10.0 Å². The minimum atomic E-state index is -0.178. The second-order valence-corrected chi connectivity index (χ2v) is 5.12. The molecule has 1 rings (SSSR count). The molecule has 5 heteroatoms. The van der Waals surface area contributed by atoms with Crippen molar-refractivity contribution in [2.45, 2.75) is 20.8 Å². The Bertz CT molecular complexity index is 410. The molecule has 0 aliphatic carbocycles.